The molecule has 0 spiro atoms. The number of carbonyl (C=O) groups is 1. The number of likely N-dealkylation sites (tertiary alicyclic amines) is 1. The number of nitrogens with zero attached hydrogens (tertiary/aromatic N) is 2. The van der Waals surface area contributed by atoms with Crippen molar-refractivity contribution >= 4 is 5.91 Å². The van der Waals surface area contributed by atoms with E-state index in [9.17, 15) is 9.90 Å². The Morgan fingerprint density at radius 1 is 1.40 bits per heavy atom. The number of aliphatic hydroxyl groups is 1. The van der Waals surface area contributed by atoms with Gasteiger partial charge in [-0.25, -0.2) is 0 Å². The molecule has 0 atom stereocenters. The van der Waals surface area contributed by atoms with Crippen LogP contribution in [0.2, 0.25) is 0 Å². The van der Waals surface area contributed by atoms with Crippen molar-refractivity contribution in [1.29, 1.82) is 0 Å². The Hall–Kier alpha value is -2.08. The number of amides is 1. The Balaban J connectivity index is 1.72. The molecule has 2 aromatic heterocycles. The molecular formula is C14H16N2O4. The minimum atomic E-state index is -0.681. The molecular weight excluding hydrogens is 260 g/mol. The first kappa shape index (κ1) is 12.9. The highest BCUT2D eigenvalue weighted by molar-refractivity contribution is 5.93. The van der Waals surface area contributed by atoms with Gasteiger partial charge >= 0.3 is 0 Å². The Labute approximate surface area is 116 Å². The van der Waals surface area contributed by atoms with Crippen molar-refractivity contribution in [2.45, 2.75) is 25.4 Å². The second-order valence-electron chi connectivity index (χ2n) is 5.34. The smallest absolute Gasteiger partial charge is 0.276 e. The zero-order chi connectivity index (χ0) is 14.2. The molecule has 0 radical (unpaired) electrons. The normalized spacial score (nSPS) is 18.2. The maximum Gasteiger partial charge on any atom is 0.276 e. The minimum Gasteiger partial charge on any atom is -0.461 e. The van der Waals surface area contributed by atoms with Gasteiger partial charge in [0.05, 0.1) is 11.9 Å². The van der Waals surface area contributed by atoms with Gasteiger partial charge in [-0.15, -0.1) is 0 Å². The number of furan rings is 1. The van der Waals surface area contributed by atoms with Crippen LogP contribution in [0.15, 0.2) is 33.4 Å². The van der Waals surface area contributed by atoms with Crippen LogP contribution in [-0.2, 0) is 0 Å². The molecule has 6 nitrogen and oxygen atoms in total. The summed E-state index contributed by atoms with van der Waals surface area (Å²) in [5.41, 5.74) is -0.419. The average molecular weight is 276 g/mol. The Bertz CT molecular complexity index is 590. The lowest BCUT2D eigenvalue weighted by atomic mass is 9.94. The first-order valence-corrected chi connectivity index (χ1v) is 6.57. The Morgan fingerprint density at radius 3 is 2.80 bits per heavy atom. The molecule has 1 N–H and O–H groups in total. The van der Waals surface area contributed by atoms with E-state index >= 15 is 0 Å². The molecule has 0 bridgehead atoms. The van der Waals surface area contributed by atoms with Gasteiger partial charge in [-0.1, -0.05) is 5.16 Å². The largest absolute Gasteiger partial charge is 0.461 e. The van der Waals surface area contributed by atoms with Crippen LogP contribution in [0.3, 0.4) is 0 Å². The summed E-state index contributed by atoms with van der Waals surface area (Å²) in [6, 6.07) is 5.06. The molecule has 1 aliphatic heterocycles. The van der Waals surface area contributed by atoms with Crippen LogP contribution in [0.4, 0.5) is 0 Å². The second-order valence-corrected chi connectivity index (χ2v) is 5.34. The summed E-state index contributed by atoms with van der Waals surface area (Å²) in [6.45, 7) is 2.84. The Kier molecular flexibility index (Phi) is 3.10. The van der Waals surface area contributed by atoms with E-state index in [0.29, 0.717) is 37.5 Å². The van der Waals surface area contributed by atoms with Crippen molar-refractivity contribution in [3.05, 3.63) is 30.2 Å². The predicted molar refractivity (Wildman–Crippen MR) is 70.0 cm³/mol. The molecule has 0 saturated carbocycles. The summed E-state index contributed by atoms with van der Waals surface area (Å²) in [4.78, 5) is 14.0. The molecule has 1 amide bonds. The highest BCUT2D eigenvalue weighted by Gasteiger charge is 2.31. The van der Waals surface area contributed by atoms with Gasteiger partial charge in [0.1, 0.15) is 0 Å². The average Bonchev–Trinajstić information content (AvgIpc) is 3.09. The van der Waals surface area contributed by atoms with Crippen LogP contribution < -0.4 is 0 Å². The Morgan fingerprint density at radius 2 is 2.15 bits per heavy atom. The molecule has 0 unspecified atom stereocenters. The van der Waals surface area contributed by atoms with E-state index in [1.165, 1.54) is 6.26 Å². The summed E-state index contributed by atoms with van der Waals surface area (Å²) in [7, 11) is 0. The zero-order valence-electron chi connectivity index (χ0n) is 11.2. The quantitative estimate of drug-likeness (QED) is 0.906. The number of hydrogen-bond donors (Lipinski definition) is 1. The maximum atomic E-state index is 12.3. The lowest BCUT2D eigenvalue weighted by Gasteiger charge is -2.35. The molecule has 0 aromatic carbocycles. The van der Waals surface area contributed by atoms with E-state index in [0.717, 1.165) is 0 Å². The minimum absolute atomic E-state index is 0.179. The summed E-state index contributed by atoms with van der Waals surface area (Å²) < 4.78 is 10.3. The summed E-state index contributed by atoms with van der Waals surface area (Å²) in [5, 5.41) is 13.7. The van der Waals surface area contributed by atoms with Crippen molar-refractivity contribution in [3.8, 4) is 11.5 Å². The fourth-order valence-electron chi connectivity index (χ4n) is 2.26. The van der Waals surface area contributed by atoms with Crippen LogP contribution in [0.5, 0.6) is 0 Å². The molecule has 6 heteroatoms. The van der Waals surface area contributed by atoms with Crippen molar-refractivity contribution < 1.29 is 18.8 Å². The van der Waals surface area contributed by atoms with Crippen LogP contribution in [-0.4, -0.2) is 39.8 Å². The maximum absolute atomic E-state index is 12.3. The number of rotatable bonds is 2. The van der Waals surface area contributed by atoms with E-state index in [1.54, 1.807) is 30.0 Å². The van der Waals surface area contributed by atoms with Gasteiger partial charge in [-0.05, 0) is 31.9 Å². The van der Waals surface area contributed by atoms with Crippen molar-refractivity contribution in [2.24, 2.45) is 0 Å². The number of hydrogen-bond acceptors (Lipinski definition) is 5. The third kappa shape index (κ3) is 2.46. The predicted octanol–water partition coefficient (Wildman–Crippen LogP) is 1.92. The highest BCUT2D eigenvalue weighted by atomic mass is 16.5. The fraction of sp³-hybridized carbons (Fsp3) is 0.429. The molecule has 20 heavy (non-hydrogen) atoms. The SMILES string of the molecule is CC1(O)CCN(C(=O)c2cc(-c3ccco3)on2)CC1. The summed E-state index contributed by atoms with van der Waals surface area (Å²) in [5.74, 6) is 0.794. The van der Waals surface area contributed by atoms with Gasteiger partial charge in [-0.3, -0.25) is 4.79 Å². The van der Waals surface area contributed by atoms with Gasteiger partial charge < -0.3 is 18.9 Å². The van der Waals surface area contributed by atoms with Crippen LogP contribution in [0.1, 0.15) is 30.3 Å². The van der Waals surface area contributed by atoms with E-state index in [4.69, 9.17) is 8.94 Å². The van der Waals surface area contributed by atoms with Gasteiger partial charge in [0.2, 0.25) is 5.76 Å². The second kappa shape index (κ2) is 4.79. The van der Waals surface area contributed by atoms with Crippen molar-refractivity contribution in [1.82, 2.24) is 10.1 Å². The summed E-state index contributed by atoms with van der Waals surface area (Å²) in [6.07, 6.45) is 2.68. The molecule has 106 valence electrons. The first-order chi connectivity index (χ1) is 9.55. The van der Waals surface area contributed by atoms with Crippen LogP contribution >= 0.6 is 0 Å². The molecule has 3 rings (SSSR count). The van der Waals surface area contributed by atoms with Gasteiger partial charge in [0, 0.05) is 19.2 Å². The first-order valence-electron chi connectivity index (χ1n) is 6.57. The van der Waals surface area contributed by atoms with E-state index in [1.807, 2.05) is 0 Å². The lowest BCUT2D eigenvalue weighted by molar-refractivity contribution is -0.00228. The third-order valence-electron chi connectivity index (χ3n) is 3.62. The monoisotopic (exact) mass is 276 g/mol. The molecule has 0 aliphatic carbocycles. The topological polar surface area (TPSA) is 79.7 Å². The van der Waals surface area contributed by atoms with Crippen molar-refractivity contribution in [3.63, 3.8) is 0 Å². The summed E-state index contributed by atoms with van der Waals surface area (Å²) >= 11 is 0. The fourth-order valence-corrected chi connectivity index (χ4v) is 2.26. The number of piperidine rings is 1. The highest BCUT2D eigenvalue weighted by Crippen LogP contribution is 2.24. The molecule has 2 aromatic rings. The van der Waals surface area contributed by atoms with E-state index < -0.39 is 5.60 Å². The number of carbonyl (C=O) groups excluding carboxylic acids is 1. The van der Waals surface area contributed by atoms with E-state index in [2.05, 4.69) is 5.16 Å². The number of aromatic nitrogens is 1. The molecule has 1 fully saturated rings. The van der Waals surface area contributed by atoms with Crippen LogP contribution in [0.25, 0.3) is 11.5 Å². The van der Waals surface area contributed by atoms with Gasteiger partial charge in [0.15, 0.2) is 11.5 Å². The lowest BCUT2D eigenvalue weighted by Crippen LogP contribution is -2.45. The van der Waals surface area contributed by atoms with Crippen LogP contribution in [0, 0.1) is 0 Å². The molecule has 1 aliphatic rings. The molecule has 3 heterocycles. The van der Waals surface area contributed by atoms with Crippen molar-refractivity contribution in [2.75, 3.05) is 13.1 Å². The third-order valence-corrected chi connectivity index (χ3v) is 3.62. The van der Waals surface area contributed by atoms with E-state index in [-0.39, 0.29) is 11.6 Å². The standard InChI is InChI=1S/C14H16N2O4/c1-14(18)4-6-16(7-5-14)13(17)10-9-12(20-15-10)11-3-2-8-19-11/h2-3,8-9,18H,4-7H2,1H3. The van der Waals surface area contributed by atoms with Gasteiger partial charge in [0.25, 0.3) is 5.91 Å². The van der Waals surface area contributed by atoms with Gasteiger partial charge in [-0.2, -0.15) is 0 Å². The molecule has 1 saturated heterocycles. The zero-order valence-corrected chi connectivity index (χ0v) is 11.2.